The zero-order valence-electron chi connectivity index (χ0n) is 16.9. The molecule has 0 spiro atoms. The number of methoxy groups -OCH3 is 1. The number of benzene rings is 2. The van der Waals surface area contributed by atoms with Crippen LogP contribution in [-0.2, 0) is 0 Å². The number of aryl methyl sites for hydroxylation is 1. The third-order valence-electron chi connectivity index (χ3n) is 5.20. The predicted octanol–water partition coefficient (Wildman–Crippen LogP) is 3.22. The van der Waals surface area contributed by atoms with Gasteiger partial charge in [-0.15, -0.1) is 0 Å². The summed E-state index contributed by atoms with van der Waals surface area (Å²) in [4.78, 5) is 16.5. The number of amides is 2. The van der Waals surface area contributed by atoms with Gasteiger partial charge in [-0.05, 0) is 55.3 Å². The molecule has 2 amide bonds. The van der Waals surface area contributed by atoms with Crippen molar-refractivity contribution in [3.8, 4) is 11.5 Å². The number of hydrogen-bond donors (Lipinski definition) is 1. The second-order valence-electron chi connectivity index (χ2n) is 6.95. The summed E-state index contributed by atoms with van der Waals surface area (Å²) in [5, 5.41) is 2.95. The average Bonchev–Trinajstić information content (AvgIpc) is 2.74. The molecule has 0 bridgehead atoms. The van der Waals surface area contributed by atoms with Gasteiger partial charge in [0.25, 0.3) is 0 Å². The van der Waals surface area contributed by atoms with Gasteiger partial charge >= 0.3 is 6.03 Å². The maximum atomic E-state index is 12.4. The molecule has 1 fully saturated rings. The summed E-state index contributed by atoms with van der Waals surface area (Å²) < 4.78 is 11.0. The Labute approximate surface area is 167 Å². The lowest BCUT2D eigenvalue weighted by Crippen LogP contribution is -2.52. The third kappa shape index (κ3) is 4.88. The monoisotopic (exact) mass is 383 g/mol. The Bertz CT molecular complexity index is 784. The van der Waals surface area contributed by atoms with E-state index in [1.165, 1.54) is 5.56 Å². The van der Waals surface area contributed by atoms with Crippen LogP contribution in [0.1, 0.15) is 11.1 Å². The van der Waals surface area contributed by atoms with E-state index in [9.17, 15) is 4.79 Å². The van der Waals surface area contributed by atoms with Crippen LogP contribution in [0.25, 0.3) is 0 Å². The zero-order valence-corrected chi connectivity index (χ0v) is 16.9. The molecule has 2 aromatic carbocycles. The molecule has 1 saturated heterocycles. The van der Waals surface area contributed by atoms with Gasteiger partial charge in [-0.3, -0.25) is 0 Å². The second-order valence-corrected chi connectivity index (χ2v) is 6.95. The minimum atomic E-state index is -0.0288. The molecule has 2 aromatic rings. The molecule has 28 heavy (non-hydrogen) atoms. The second kappa shape index (κ2) is 9.35. The summed E-state index contributed by atoms with van der Waals surface area (Å²) in [5.41, 5.74) is 3.50. The van der Waals surface area contributed by atoms with E-state index in [-0.39, 0.29) is 6.03 Å². The first-order valence-electron chi connectivity index (χ1n) is 9.69. The number of carbonyl (C=O) groups excluding carboxylic acids is 1. The van der Waals surface area contributed by atoms with Crippen LogP contribution < -0.4 is 19.7 Å². The van der Waals surface area contributed by atoms with E-state index in [0.29, 0.717) is 26.2 Å². The minimum Gasteiger partial charge on any atom is -0.497 e. The molecule has 6 heteroatoms. The van der Waals surface area contributed by atoms with Crippen molar-refractivity contribution in [1.82, 2.24) is 10.2 Å². The molecule has 1 heterocycles. The standard InChI is InChI=1S/C22H29N3O3/c1-17-5-4-6-21(18(17)2)28-16-11-23-22(26)25-14-12-24(13-15-25)19-7-9-20(27-3)10-8-19/h4-10H,11-16H2,1-3H3,(H,23,26). The molecule has 0 aromatic heterocycles. The maximum absolute atomic E-state index is 12.4. The van der Waals surface area contributed by atoms with Crippen molar-refractivity contribution < 1.29 is 14.3 Å². The smallest absolute Gasteiger partial charge is 0.317 e. The summed E-state index contributed by atoms with van der Waals surface area (Å²) in [7, 11) is 1.67. The Kier molecular flexibility index (Phi) is 6.63. The first kappa shape index (κ1) is 19.9. The van der Waals surface area contributed by atoms with Gasteiger partial charge in [0, 0.05) is 31.9 Å². The van der Waals surface area contributed by atoms with E-state index in [1.807, 2.05) is 36.1 Å². The van der Waals surface area contributed by atoms with Crippen LogP contribution in [0.15, 0.2) is 42.5 Å². The molecule has 0 atom stereocenters. The number of rotatable bonds is 6. The number of anilines is 1. The van der Waals surface area contributed by atoms with Crippen LogP contribution >= 0.6 is 0 Å². The highest BCUT2D eigenvalue weighted by Gasteiger charge is 2.21. The number of urea groups is 1. The SMILES string of the molecule is COc1ccc(N2CCN(C(=O)NCCOc3cccc(C)c3C)CC2)cc1. The quantitative estimate of drug-likeness (QED) is 0.778. The number of carbonyl (C=O) groups is 1. The van der Waals surface area contributed by atoms with Crippen molar-refractivity contribution in [2.75, 3.05) is 51.3 Å². The van der Waals surface area contributed by atoms with E-state index < -0.39 is 0 Å². The first-order valence-corrected chi connectivity index (χ1v) is 9.69. The predicted molar refractivity (Wildman–Crippen MR) is 112 cm³/mol. The molecule has 1 aliphatic heterocycles. The normalized spacial score (nSPS) is 14.0. The van der Waals surface area contributed by atoms with E-state index in [4.69, 9.17) is 9.47 Å². The van der Waals surface area contributed by atoms with Crippen LogP contribution in [0.3, 0.4) is 0 Å². The topological polar surface area (TPSA) is 54.0 Å². The lowest BCUT2D eigenvalue weighted by atomic mass is 10.1. The van der Waals surface area contributed by atoms with Gasteiger partial charge in [-0.1, -0.05) is 12.1 Å². The molecule has 3 rings (SSSR count). The van der Waals surface area contributed by atoms with Crippen LogP contribution in [0.4, 0.5) is 10.5 Å². The first-order chi connectivity index (χ1) is 13.6. The van der Waals surface area contributed by atoms with Crippen molar-refractivity contribution in [3.05, 3.63) is 53.6 Å². The van der Waals surface area contributed by atoms with Gasteiger partial charge in [0.1, 0.15) is 18.1 Å². The van der Waals surface area contributed by atoms with Crippen molar-refractivity contribution in [3.63, 3.8) is 0 Å². The van der Waals surface area contributed by atoms with Crippen molar-refractivity contribution in [1.29, 1.82) is 0 Å². The zero-order chi connectivity index (χ0) is 19.9. The Morgan fingerprint density at radius 2 is 1.75 bits per heavy atom. The van der Waals surface area contributed by atoms with Gasteiger partial charge in [0.15, 0.2) is 0 Å². The molecular formula is C22H29N3O3. The van der Waals surface area contributed by atoms with Gasteiger partial charge < -0.3 is 24.6 Å². The van der Waals surface area contributed by atoms with E-state index >= 15 is 0 Å². The van der Waals surface area contributed by atoms with E-state index in [0.717, 1.165) is 35.8 Å². The number of nitrogens with one attached hydrogen (secondary N) is 1. The number of ether oxygens (including phenoxy) is 2. The highest BCUT2D eigenvalue weighted by Crippen LogP contribution is 2.21. The molecule has 6 nitrogen and oxygen atoms in total. The minimum absolute atomic E-state index is 0.0288. The molecule has 1 N–H and O–H groups in total. The van der Waals surface area contributed by atoms with Crippen LogP contribution in [0.2, 0.25) is 0 Å². The number of nitrogens with zero attached hydrogens (tertiary/aromatic N) is 2. The average molecular weight is 383 g/mol. The number of piperazine rings is 1. The molecular weight excluding hydrogens is 354 g/mol. The Morgan fingerprint density at radius 3 is 2.43 bits per heavy atom. The summed E-state index contributed by atoms with van der Waals surface area (Å²) in [6, 6.07) is 14.0. The fourth-order valence-corrected chi connectivity index (χ4v) is 3.27. The summed E-state index contributed by atoms with van der Waals surface area (Å²) >= 11 is 0. The lowest BCUT2D eigenvalue weighted by molar-refractivity contribution is 0.191. The van der Waals surface area contributed by atoms with E-state index in [2.05, 4.69) is 35.3 Å². The summed E-state index contributed by atoms with van der Waals surface area (Å²) in [6.07, 6.45) is 0. The van der Waals surface area contributed by atoms with Gasteiger partial charge in [-0.25, -0.2) is 4.79 Å². The highest BCUT2D eigenvalue weighted by atomic mass is 16.5. The molecule has 1 aliphatic rings. The maximum Gasteiger partial charge on any atom is 0.317 e. The van der Waals surface area contributed by atoms with Crippen molar-refractivity contribution in [2.45, 2.75) is 13.8 Å². The van der Waals surface area contributed by atoms with Crippen LogP contribution in [0.5, 0.6) is 11.5 Å². The fourth-order valence-electron chi connectivity index (χ4n) is 3.27. The Morgan fingerprint density at radius 1 is 1.04 bits per heavy atom. The highest BCUT2D eigenvalue weighted by molar-refractivity contribution is 5.74. The molecule has 0 aliphatic carbocycles. The molecule has 0 radical (unpaired) electrons. The Hall–Kier alpha value is -2.89. The molecule has 0 unspecified atom stereocenters. The van der Waals surface area contributed by atoms with Crippen LogP contribution in [-0.4, -0.2) is 57.4 Å². The lowest BCUT2D eigenvalue weighted by Gasteiger charge is -2.36. The van der Waals surface area contributed by atoms with Gasteiger partial charge in [-0.2, -0.15) is 0 Å². The third-order valence-corrected chi connectivity index (χ3v) is 5.20. The summed E-state index contributed by atoms with van der Waals surface area (Å²) in [5.74, 6) is 1.73. The summed E-state index contributed by atoms with van der Waals surface area (Å²) in [6.45, 7) is 8.11. The van der Waals surface area contributed by atoms with Crippen LogP contribution in [0, 0.1) is 13.8 Å². The largest absolute Gasteiger partial charge is 0.497 e. The van der Waals surface area contributed by atoms with E-state index in [1.54, 1.807) is 7.11 Å². The van der Waals surface area contributed by atoms with Crippen molar-refractivity contribution in [2.24, 2.45) is 0 Å². The molecule has 0 saturated carbocycles. The van der Waals surface area contributed by atoms with Gasteiger partial charge in [0.05, 0.1) is 13.7 Å². The molecule has 150 valence electrons. The van der Waals surface area contributed by atoms with Crippen molar-refractivity contribution >= 4 is 11.7 Å². The number of hydrogen-bond acceptors (Lipinski definition) is 4. The van der Waals surface area contributed by atoms with Gasteiger partial charge in [0.2, 0.25) is 0 Å². The fraction of sp³-hybridized carbons (Fsp3) is 0.409. The Balaban J connectivity index is 1.39.